The molecule has 2 heterocycles. The fraction of sp³-hybridized carbons (Fsp3) is 0.100. The van der Waals surface area contributed by atoms with Gasteiger partial charge in [0, 0.05) is 29.9 Å². The molecule has 0 spiro atoms. The maximum Gasteiger partial charge on any atom is 0.101 e. The molecular formula is C10H8N2S. The van der Waals surface area contributed by atoms with Gasteiger partial charge in [-0.3, -0.25) is 0 Å². The van der Waals surface area contributed by atoms with E-state index in [9.17, 15) is 0 Å². The summed E-state index contributed by atoms with van der Waals surface area (Å²) in [6.45, 7) is 0. The number of hydrogen-bond donors (Lipinski definition) is 0. The Morgan fingerprint density at radius 1 is 1.46 bits per heavy atom. The van der Waals surface area contributed by atoms with Crippen molar-refractivity contribution in [1.82, 2.24) is 4.57 Å². The molecule has 0 atom stereocenters. The molecule has 0 unspecified atom stereocenters. The molecule has 2 aromatic rings. The van der Waals surface area contributed by atoms with E-state index in [0.29, 0.717) is 0 Å². The van der Waals surface area contributed by atoms with Crippen LogP contribution in [0.5, 0.6) is 0 Å². The first kappa shape index (κ1) is 8.09. The van der Waals surface area contributed by atoms with Crippen LogP contribution in [0.15, 0.2) is 29.9 Å². The summed E-state index contributed by atoms with van der Waals surface area (Å²) in [5.41, 5.74) is 1.77. The minimum atomic E-state index is 0.741. The fourth-order valence-corrected chi connectivity index (χ4v) is 2.05. The van der Waals surface area contributed by atoms with Crippen LogP contribution in [-0.4, -0.2) is 4.57 Å². The molecule has 0 radical (unpaired) electrons. The number of rotatable bonds is 1. The van der Waals surface area contributed by atoms with Gasteiger partial charge in [-0.05, 0) is 11.4 Å². The van der Waals surface area contributed by atoms with Crippen molar-refractivity contribution >= 4 is 11.3 Å². The lowest BCUT2D eigenvalue weighted by Gasteiger charge is -1.90. The number of aromatic nitrogens is 1. The van der Waals surface area contributed by atoms with Gasteiger partial charge >= 0.3 is 0 Å². The van der Waals surface area contributed by atoms with Crippen molar-refractivity contribution in [2.75, 3.05) is 0 Å². The second-order valence-corrected chi connectivity index (χ2v) is 3.79. The van der Waals surface area contributed by atoms with Crippen LogP contribution in [-0.2, 0) is 7.05 Å². The largest absolute Gasteiger partial charge is 0.355 e. The first-order valence-corrected chi connectivity index (χ1v) is 4.79. The summed E-state index contributed by atoms with van der Waals surface area (Å²) in [6.07, 6.45) is 3.82. The van der Waals surface area contributed by atoms with E-state index in [1.54, 1.807) is 11.3 Å². The number of nitriles is 1. The molecular weight excluding hydrogens is 180 g/mol. The van der Waals surface area contributed by atoms with Crippen LogP contribution < -0.4 is 0 Å². The highest BCUT2D eigenvalue weighted by atomic mass is 32.1. The van der Waals surface area contributed by atoms with E-state index in [-0.39, 0.29) is 0 Å². The topological polar surface area (TPSA) is 28.7 Å². The molecule has 0 aliphatic heterocycles. The highest BCUT2D eigenvalue weighted by Gasteiger charge is 2.07. The predicted molar refractivity (Wildman–Crippen MR) is 53.4 cm³/mol. The van der Waals surface area contributed by atoms with Crippen LogP contribution in [0.4, 0.5) is 0 Å². The van der Waals surface area contributed by atoms with Crippen molar-refractivity contribution in [1.29, 1.82) is 5.26 Å². The molecule has 0 N–H and O–H groups in total. The molecule has 0 aliphatic rings. The molecule has 64 valence electrons. The second kappa shape index (κ2) is 3.08. The van der Waals surface area contributed by atoms with E-state index in [1.165, 1.54) is 0 Å². The number of hydrogen-bond acceptors (Lipinski definition) is 2. The van der Waals surface area contributed by atoms with Crippen LogP contribution in [0.2, 0.25) is 0 Å². The van der Waals surface area contributed by atoms with Crippen LogP contribution in [0.3, 0.4) is 0 Å². The molecule has 13 heavy (non-hydrogen) atoms. The molecule has 2 nitrogen and oxygen atoms in total. The molecule has 2 rings (SSSR count). The van der Waals surface area contributed by atoms with E-state index >= 15 is 0 Å². The van der Waals surface area contributed by atoms with Gasteiger partial charge in [-0.2, -0.15) is 5.26 Å². The minimum Gasteiger partial charge on any atom is -0.355 e. The lowest BCUT2D eigenvalue weighted by atomic mass is 10.2. The third kappa shape index (κ3) is 1.36. The monoisotopic (exact) mass is 188 g/mol. The Hall–Kier alpha value is -1.53. The SMILES string of the molecule is Cn1cc(C#N)c(-c2cccs2)c1. The summed E-state index contributed by atoms with van der Waals surface area (Å²) >= 11 is 1.65. The Kier molecular flexibility index (Phi) is 1.91. The molecule has 0 amide bonds. The van der Waals surface area contributed by atoms with Gasteiger partial charge in [0.25, 0.3) is 0 Å². The Morgan fingerprint density at radius 3 is 2.92 bits per heavy atom. The zero-order valence-corrected chi connectivity index (χ0v) is 8.01. The average molecular weight is 188 g/mol. The first-order valence-electron chi connectivity index (χ1n) is 3.91. The van der Waals surface area contributed by atoms with Crippen LogP contribution >= 0.6 is 11.3 Å². The van der Waals surface area contributed by atoms with E-state index in [0.717, 1.165) is 16.0 Å². The summed E-state index contributed by atoms with van der Waals surface area (Å²) in [4.78, 5) is 1.15. The second-order valence-electron chi connectivity index (χ2n) is 2.84. The third-order valence-electron chi connectivity index (χ3n) is 1.86. The molecule has 2 aromatic heterocycles. The zero-order valence-electron chi connectivity index (χ0n) is 7.19. The van der Waals surface area contributed by atoms with E-state index in [1.807, 2.05) is 41.5 Å². The zero-order chi connectivity index (χ0) is 9.26. The molecule has 0 aliphatic carbocycles. The lowest BCUT2D eigenvalue weighted by molar-refractivity contribution is 0.927. The summed E-state index contributed by atoms with van der Waals surface area (Å²) in [6, 6.07) is 6.21. The Balaban J connectivity index is 2.59. The van der Waals surface area contributed by atoms with Gasteiger partial charge in [-0.25, -0.2) is 0 Å². The van der Waals surface area contributed by atoms with Crippen molar-refractivity contribution in [3.8, 4) is 16.5 Å². The van der Waals surface area contributed by atoms with E-state index in [2.05, 4.69) is 6.07 Å². The standard InChI is InChI=1S/C10H8N2S/c1-12-6-8(5-11)9(7-12)10-3-2-4-13-10/h2-4,6-7H,1H3. The van der Waals surface area contributed by atoms with Gasteiger partial charge in [0.15, 0.2) is 0 Å². The van der Waals surface area contributed by atoms with E-state index < -0.39 is 0 Å². The Labute approximate surface area is 80.7 Å². The van der Waals surface area contributed by atoms with Crippen LogP contribution in [0.1, 0.15) is 5.56 Å². The number of nitrogens with zero attached hydrogens (tertiary/aromatic N) is 2. The van der Waals surface area contributed by atoms with Gasteiger partial charge in [0.05, 0.1) is 5.56 Å². The van der Waals surface area contributed by atoms with Gasteiger partial charge in [-0.1, -0.05) is 6.07 Å². The summed E-state index contributed by atoms with van der Waals surface area (Å²) < 4.78 is 1.91. The van der Waals surface area contributed by atoms with Gasteiger partial charge in [0.2, 0.25) is 0 Å². The lowest BCUT2D eigenvalue weighted by Crippen LogP contribution is -1.77. The third-order valence-corrected chi connectivity index (χ3v) is 2.77. The van der Waals surface area contributed by atoms with Gasteiger partial charge < -0.3 is 4.57 Å². The molecule has 0 saturated carbocycles. The van der Waals surface area contributed by atoms with Gasteiger partial charge in [0.1, 0.15) is 6.07 Å². The predicted octanol–water partition coefficient (Wildman–Crippen LogP) is 2.63. The quantitative estimate of drug-likeness (QED) is 0.676. The van der Waals surface area contributed by atoms with Crippen LogP contribution in [0.25, 0.3) is 10.4 Å². The average Bonchev–Trinajstić information content (AvgIpc) is 2.71. The normalized spacial score (nSPS) is 9.85. The van der Waals surface area contributed by atoms with Crippen molar-refractivity contribution < 1.29 is 0 Å². The first-order chi connectivity index (χ1) is 6.31. The summed E-state index contributed by atoms with van der Waals surface area (Å²) in [7, 11) is 1.93. The van der Waals surface area contributed by atoms with Crippen molar-refractivity contribution in [3.63, 3.8) is 0 Å². The molecule has 0 saturated heterocycles. The van der Waals surface area contributed by atoms with Gasteiger partial charge in [-0.15, -0.1) is 11.3 Å². The minimum absolute atomic E-state index is 0.741. The molecule has 0 aromatic carbocycles. The summed E-state index contributed by atoms with van der Waals surface area (Å²) in [5, 5.41) is 10.9. The smallest absolute Gasteiger partial charge is 0.101 e. The highest BCUT2D eigenvalue weighted by Crippen LogP contribution is 2.27. The fourth-order valence-electron chi connectivity index (χ4n) is 1.30. The van der Waals surface area contributed by atoms with Crippen LogP contribution in [0, 0.1) is 11.3 Å². The Morgan fingerprint density at radius 2 is 2.31 bits per heavy atom. The highest BCUT2D eigenvalue weighted by molar-refractivity contribution is 7.13. The number of aryl methyl sites for hydroxylation is 1. The Bertz CT molecular complexity index is 446. The van der Waals surface area contributed by atoms with Crippen molar-refractivity contribution in [2.24, 2.45) is 7.05 Å². The van der Waals surface area contributed by atoms with Crippen molar-refractivity contribution in [2.45, 2.75) is 0 Å². The summed E-state index contributed by atoms with van der Waals surface area (Å²) in [5.74, 6) is 0. The molecule has 3 heteroatoms. The maximum absolute atomic E-state index is 8.87. The number of thiophene rings is 1. The molecule has 0 bridgehead atoms. The van der Waals surface area contributed by atoms with E-state index in [4.69, 9.17) is 5.26 Å². The maximum atomic E-state index is 8.87. The van der Waals surface area contributed by atoms with Crippen molar-refractivity contribution in [3.05, 3.63) is 35.5 Å². The molecule has 0 fully saturated rings.